The predicted molar refractivity (Wildman–Crippen MR) is 181 cm³/mol. The first kappa shape index (κ1) is 37.6. The van der Waals surface area contributed by atoms with Gasteiger partial charge in [0.05, 0.1) is 18.0 Å². The molecule has 0 saturated carbocycles. The number of rotatable bonds is 27. The smallest absolute Gasteiger partial charge is 0.494 e. The van der Waals surface area contributed by atoms with Gasteiger partial charge in [0.1, 0.15) is 5.75 Å². The number of amides is 1. The Balaban J connectivity index is 1.38. The summed E-state index contributed by atoms with van der Waals surface area (Å²) in [6.07, 6.45) is 14.3. The van der Waals surface area contributed by atoms with Gasteiger partial charge in [-0.15, -0.1) is 0 Å². The Kier molecular flexibility index (Phi) is 21.1. The van der Waals surface area contributed by atoms with Gasteiger partial charge in [0, 0.05) is 38.8 Å². The number of azo groups is 1. The number of unbranched alkanes of at least 4 members (excludes halogenated alkanes) is 10. The summed E-state index contributed by atoms with van der Waals surface area (Å²) in [6, 6.07) is 18.2. The van der Waals surface area contributed by atoms with Crippen LogP contribution in [0.4, 0.5) is 11.4 Å². The molecule has 2 aromatic carbocycles. The van der Waals surface area contributed by atoms with Crippen molar-refractivity contribution in [2.75, 3.05) is 33.0 Å². The highest BCUT2D eigenvalue weighted by Gasteiger charge is 2.39. The SMILES string of the molecule is CCO[Si](CCCCCCCCCCCNC(=O)CCCCCOc1ccc(N=Nc2ccccc2)cc1)(OCC)OCC. The van der Waals surface area contributed by atoms with Gasteiger partial charge in [-0.25, -0.2) is 0 Å². The van der Waals surface area contributed by atoms with Gasteiger partial charge in [0.15, 0.2) is 0 Å². The van der Waals surface area contributed by atoms with Gasteiger partial charge < -0.3 is 23.3 Å². The van der Waals surface area contributed by atoms with Gasteiger partial charge in [0.25, 0.3) is 0 Å². The van der Waals surface area contributed by atoms with Crippen LogP contribution < -0.4 is 10.1 Å². The second-order valence-electron chi connectivity index (χ2n) is 11.0. The van der Waals surface area contributed by atoms with Crippen LogP contribution in [0.2, 0.25) is 6.04 Å². The monoisotopic (exact) mass is 627 g/mol. The Morgan fingerprint density at radius 1 is 0.636 bits per heavy atom. The molecule has 0 aliphatic carbocycles. The molecule has 0 fully saturated rings. The summed E-state index contributed by atoms with van der Waals surface area (Å²) in [5.41, 5.74) is 1.62. The van der Waals surface area contributed by atoms with Crippen molar-refractivity contribution in [2.24, 2.45) is 10.2 Å². The molecule has 0 bridgehead atoms. The maximum atomic E-state index is 12.1. The summed E-state index contributed by atoms with van der Waals surface area (Å²) in [5, 5.41) is 11.6. The minimum absolute atomic E-state index is 0.163. The van der Waals surface area contributed by atoms with E-state index in [1.165, 1.54) is 44.9 Å². The van der Waals surface area contributed by atoms with E-state index in [2.05, 4.69) is 15.5 Å². The van der Waals surface area contributed by atoms with Crippen molar-refractivity contribution in [3.05, 3.63) is 54.6 Å². The summed E-state index contributed by atoms with van der Waals surface area (Å²) in [6.45, 7) is 9.41. The van der Waals surface area contributed by atoms with E-state index >= 15 is 0 Å². The molecule has 8 nitrogen and oxygen atoms in total. The van der Waals surface area contributed by atoms with E-state index in [9.17, 15) is 4.79 Å². The van der Waals surface area contributed by atoms with Crippen molar-refractivity contribution in [1.29, 1.82) is 0 Å². The molecule has 246 valence electrons. The Morgan fingerprint density at radius 2 is 1.16 bits per heavy atom. The molecule has 1 amide bonds. The van der Waals surface area contributed by atoms with Crippen LogP contribution in [0.3, 0.4) is 0 Å². The molecule has 2 aromatic rings. The standard InChI is InChI=1S/C35H57N3O5Si/c1-4-41-44(42-5-2,43-6-3)31-21-13-11-9-7-8-10-12-19-29-36-35(39)24-18-15-20-30-40-34-27-25-33(26-28-34)38-37-32-22-16-14-17-23-32/h14,16-17,22-23,25-28H,4-13,15,18-21,24,29-31H2,1-3H3,(H,36,39). The molecule has 0 atom stereocenters. The molecule has 0 saturated heterocycles. The third-order valence-electron chi connectivity index (χ3n) is 7.27. The number of hydrogen-bond donors (Lipinski definition) is 1. The zero-order valence-corrected chi connectivity index (χ0v) is 28.6. The van der Waals surface area contributed by atoms with Gasteiger partial charge in [-0.3, -0.25) is 4.79 Å². The second kappa shape index (κ2) is 24.7. The average Bonchev–Trinajstić information content (AvgIpc) is 3.03. The molecule has 2 rings (SSSR count). The number of hydrogen-bond acceptors (Lipinski definition) is 7. The van der Waals surface area contributed by atoms with Crippen molar-refractivity contribution in [3.8, 4) is 5.75 Å². The average molecular weight is 628 g/mol. The largest absolute Gasteiger partial charge is 0.500 e. The van der Waals surface area contributed by atoms with Crippen molar-refractivity contribution >= 4 is 26.1 Å². The molecule has 1 N–H and O–H groups in total. The maximum Gasteiger partial charge on any atom is 0.500 e. The summed E-state index contributed by atoms with van der Waals surface area (Å²) >= 11 is 0. The molecule has 0 radical (unpaired) electrons. The zero-order valence-electron chi connectivity index (χ0n) is 27.6. The lowest BCUT2D eigenvalue weighted by Gasteiger charge is -2.28. The van der Waals surface area contributed by atoms with Gasteiger partial charge in [0.2, 0.25) is 5.91 Å². The van der Waals surface area contributed by atoms with Crippen LogP contribution in [0.5, 0.6) is 5.75 Å². The fourth-order valence-electron chi connectivity index (χ4n) is 4.99. The van der Waals surface area contributed by atoms with Crippen molar-refractivity contribution < 1.29 is 22.8 Å². The summed E-state index contributed by atoms with van der Waals surface area (Å²) in [7, 11) is -2.47. The van der Waals surface area contributed by atoms with E-state index in [1.807, 2.05) is 75.4 Å². The highest BCUT2D eigenvalue weighted by molar-refractivity contribution is 6.60. The molecule has 0 aromatic heterocycles. The molecular weight excluding hydrogens is 570 g/mol. The number of carbonyl (C=O) groups is 1. The van der Waals surface area contributed by atoms with Crippen LogP contribution in [0.15, 0.2) is 64.8 Å². The van der Waals surface area contributed by atoms with Crippen molar-refractivity contribution in [2.45, 2.75) is 110 Å². The molecule has 9 heteroatoms. The first-order valence-electron chi connectivity index (χ1n) is 17.0. The van der Waals surface area contributed by atoms with E-state index in [4.69, 9.17) is 18.0 Å². The summed E-state index contributed by atoms with van der Waals surface area (Å²) < 4.78 is 23.6. The third kappa shape index (κ3) is 17.6. The van der Waals surface area contributed by atoms with E-state index in [0.717, 1.165) is 61.8 Å². The van der Waals surface area contributed by atoms with E-state index in [1.54, 1.807) is 0 Å². The minimum atomic E-state index is -2.47. The van der Waals surface area contributed by atoms with Crippen LogP contribution in [0, 0.1) is 0 Å². The Bertz CT molecular complexity index is 990. The second-order valence-corrected chi connectivity index (χ2v) is 13.7. The normalized spacial score (nSPS) is 11.7. The fraction of sp³-hybridized carbons (Fsp3) is 0.629. The van der Waals surface area contributed by atoms with Gasteiger partial charge in [-0.1, -0.05) is 63.1 Å². The predicted octanol–water partition coefficient (Wildman–Crippen LogP) is 9.72. The van der Waals surface area contributed by atoms with Crippen LogP contribution in [-0.2, 0) is 18.1 Å². The van der Waals surface area contributed by atoms with Gasteiger partial charge >= 0.3 is 8.80 Å². The molecule has 0 heterocycles. The van der Waals surface area contributed by atoms with E-state index in [-0.39, 0.29) is 5.91 Å². The van der Waals surface area contributed by atoms with Gasteiger partial charge in [-0.2, -0.15) is 10.2 Å². The highest BCUT2D eigenvalue weighted by atomic mass is 28.4. The van der Waals surface area contributed by atoms with E-state index < -0.39 is 8.80 Å². The lowest BCUT2D eigenvalue weighted by molar-refractivity contribution is -0.121. The number of nitrogens with zero attached hydrogens (tertiary/aromatic N) is 2. The molecule has 0 aliphatic rings. The number of ether oxygens (including phenoxy) is 1. The quantitative estimate of drug-likeness (QED) is 0.0605. The van der Waals surface area contributed by atoms with Crippen LogP contribution in [-0.4, -0.2) is 47.7 Å². The minimum Gasteiger partial charge on any atom is -0.494 e. The molecule has 0 spiro atoms. The van der Waals surface area contributed by atoms with Crippen molar-refractivity contribution in [3.63, 3.8) is 0 Å². The maximum absolute atomic E-state index is 12.1. The molecule has 0 unspecified atom stereocenters. The third-order valence-corrected chi connectivity index (χ3v) is 10.4. The number of carbonyl (C=O) groups excluding carboxylic acids is 1. The number of benzene rings is 2. The fourth-order valence-corrected chi connectivity index (χ4v) is 7.68. The van der Waals surface area contributed by atoms with Crippen LogP contribution >= 0.6 is 0 Å². The Labute approximate surface area is 267 Å². The first-order chi connectivity index (χ1) is 21.6. The zero-order chi connectivity index (χ0) is 31.6. The first-order valence-corrected chi connectivity index (χ1v) is 18.9. The summed E-state index contributed by atoms with van der Waals surface area (Å²) in [5.74, 6) is 0.985. The van der Waals surface area contributed by atoms with Gasteiger partial charge in [-0.05, 0) is 89.3 Å². The lowest BCUT2D eigenvalue weighted by atomic mass is 10.1. The highest BCUT2D eigenvalue weighted by Crippen LogP contribution is 2.22. The molecule has 44 heavy (non-hydrogen) atoms. The molecule has 0 aliphatic heterocycles. The Morgan fingerprint density at radius 3 is 1.75 bits per heavy atom. The van der Waals surface area contributed by atoms with Crippen LogP contribution in [0.25, 0.3) is 0 Å². The lowest BCUT2D eigenvalue weighted by Crippen LogP contribution is -2.45. The molecular formula is C35H57N3O5Si. The Hall–Kier alpha value is -2.59. The van der Waals surface area contributed by atoms with Crippen LogP contribution in [0.1, 0.15) is 104 Å². The van der Waals surface area contributed by atoms with Crippen molar-refractivity contribution in [1.82, 2.24) is 5.32 Å². The number of nitrogens with one attached hydrogen (secondary N) is 1. The van der Waals surface area contributed by atoms with E-state index in [0.29, 0.717) is 32.8 Å². The topological polar surface area (TPSA) is 90.7 Å². The summed E-state index contributed by atoms with van der Waals surface area (Å²) in [4.78, 5) is 12.1.